The SMILES string of the molecule is Cc1nc(-c2ccccc2)c(C(=O)Nc2cccc(N3CCCS3(=O)=O)c2)s1. The number of hydrogen-bond acceptors (Lipinski definition) is 5. The molecule has 2 heterocycles. The number of thiazole rings is 1. The summed E-state index contributed by atoms with van der Waals surface area (Å²) < 4.78 is 25.7. The minimum Gasteiger partial charge on any atom is -0.321 e. The van der Waals surface area contributed by atoms with Crippen LogP contribution >= 0.6 is 11.3 Å². The van der Waals surface area contributed by atoms with E-state index in [-0.39, 0.29) is 11.7 Å². The first-order valence-corrected chi connectivity index (χ1v) is 11.3. The van der Waals surface area contributed by atoms with Crippen molar-refractivity contribution in [2.24, 2.45) is 0 Å². The second-order valence-corrected chi connectivity index (χ2v) is 9.74. The van der Waals surface area contributed by atoms with E-state index in [9.17, 15) is 13.2 Å². The Labute approximate surface area is 167 Å². The molecular formula is C20H19N3O3S2. The van der Waals surface area contributed by atoms with Crippen molar-refractivity contribution in [2.45, 2.75) is 13.3 Å². The fraction of sp³-hybridized carbons (Fsp3) is 0.200. The van der Waals surface area contributed by atoms with Crippen molar-refractivity contribution in [3.8, 4) is 11.3 Å². The molecule has 0 bridgehead atoms. The molecule has 8 heteroatoms. The summed E-state index contributed by atoms with van der Waals surface area (Å²) >= 11 is 1.34. The third-order valence-corrected chi connectivity index (χ3v) is 7.32. The van der Waals surface area contributed by atoms with E-state index in [4.69, 9.17) is 0 Å². The molecule has 1 aliphatic rings. The molecular weight excluding hydrogens is 394 g/mol. The second-order valence-electron chi connectivity index (χ2n) is 6.52. The van der Waals surface area contributed by atoms with Crippen LogP contribution in [0.4, 0.5) is 11.4 Å². The molecule has 3 aromatic rings. The van der Waals surface area contributed by atoms with Crippen LogP contribution in [0.25, 0.3) is 11.3 Å². The van der Waals surface area contributed by atoms with Gasteiger partial charge in [-0.25, -0.2) is 13.4 Å². The molecule has 0 unspecified atom stereocenters. The van der Waals surface area contributed by atoms with Crippen LogP contribution in [0.15, 0.2) is 54.6 Å². The summed E-state index contributed by atoms with van der Waals surface area (Å²) in [5.41, 5.74) is 2.65. The van der Waals surface area contributed by atoms with Gasteiger partial charge in [0.2, 0.25) is 10.0 Å². The maximum atomic E-state index is 12.9. The van der Waals surface area contributed by atoms with Crippen molar-refractivity contribution in [2.75, 3.05) is 21.9 Å². The Morgan fingerprint density at radius 2 is 1.93 bits per heavy atom. The lowest BCUT2D eigenvalue weighted by Crippen LogP contribution is -2.25. The minimum atomic E-state index is -3.26. The number of rotatable bonds is 4. The van der Waals surface area contributed by atoms with E-state index in [0.29, 0.717) is 34.9 Å². The van der Waals surface area contributed by atoms with Gasteiger partial charge in [-0.2, -0.15) is 0 Å². The van der Waals surface area contributed by atoms with Crippen LogP contribution in [0.2, 0.25) is 0 Å². The molecule has 6 nitrogen and oxygen atoms in total. The van der Waals surface area contributed by atoms with Crippen LogP contribution in [0.5, 0.6) is 0 Å². The van der Waals surface area contributed by atoms with Gasteiger partial charge >= 0.3 is 0 Å². The van der Waals surface area contributed by atoms with E-state index in [2.05, 4.69) is 10.3 Å². The molecule has 28 heavy (non-hydrogen) atoms. The molecule has 2 aromatic carbocycles. The van der Waals surface area contributed by atoms with Crippen molar-refractivity contribution < 1.29 is 13.2 Å². The Kier molecular flexibility index (Phi) is 4.91. The second kappa shape index (κ2) is 7.37. The normalized spacial score (nSPS) is 15.5. The fourth-order valence-electron chi connectivity index (χ4n) is 3.23. The summed E-state index contributed by atoms with van der Waals surface area (Å²) in [4.78, 5) is 18.0. The van der Waals surface area contributed by atoms with Gasteiger partial charge in [0.15, 0.2) is 0 Å². The summed E-state index contributed by atoms with van der Waals surface area (Å²) in [5, 5.41) is 3.69. The molecule has 1 fully saturated rings. The van der Waals surface area contributed by atoms with E-state index >= 15 is 0 Å². The Hall–Kier alpha value is -2.71. The first-order valence-electron chi connectivity index (χ1n) is 8.89. The molecule has 0 radical (unpaired) electrons. The monoisotopic (exact) mass is 413 g/mol. The Balaban J connectivity index is 1.61. The van der Waals surface area contributed by atoms with Crippen molar-refractivity contribution in [3.05, 3.63) is 64.5 Å². The van der Waals surface area contributed by atoms with Crippen LogP contribution in [0, 0.1) is 6.92 Å². The van der Waals surface area contributed by atoms with Crippen LogP contribution < -0.4 is 9.62 Å². The number of sulfonamides is 1. The maximum Gasteiger partial charge on any atom is 0.268 e. The summed E-state index contributed by atoms with van der Waals surface area (Å²) in [6, 6.07) is 16.5. The van der Waals surface area contributed by atoms with Gasteiger partial charge in [-0.3, -0.25) is 9.10 Å². The molecule has 1 aliphatic heterocycles. The third kappa shape index (κ3) is 3.65. The lowest BCUT2D eigenvalue weighted by Gasteiger charge is -2.17. The first kappa shape index (κ1) is 18.6. The quantitative estimate of drug-likeness (QED) is 0.703. The van der Waals surface area contributed by atoms with Gasteiger partial charge in [-0.05, 0) is 31.5 Å². The Bertz CT molecular complexity index is 1120. The number of nitrogens with zero attached hydrogens (tertiary/aromatic N) is 2. The molecule has 0 saturated carbocycles. The molecule has 0 aliphatic carbocycles. The standard InChI is InChI=1S/C20H19N3O3S2/c1-14-21-18(15-7-3-2-4-8-15)19(27-14)20(24)22-16-9-5-10-17(13-16)23-11-6-12-28(23,25)26/h2-5,7-10,13H,6,11-12H2,1H3,(H,22,24). The largest absolute Gasteiger partial charge is 0.321 e. The van der Waals surface area contributed by atoms with Gasteiger partial charge in [-0.1, -0.05) is 36.4 Å². The van der Waals surface area contributed by atoms with E-state index in [1.54, 1.807) is 24.3 Å². The van der Waals surface area contributed by atoms with Gasteiger partial charge in [0.25, 0.3) is 5.91 Å². The molecule has 0 spiro atoms. The third-order valence-electron chi connectivity index (χ3n) is 4.48. The fourth-order valence-corrected chi connectivity index (χ4v) is 5.62. The lowest BCUT2D eigenvalue weighted by molar-refractivity contribution is 0.103. The number of nitrogens with one attached hydrogen (secondary N) is 1. The predicted molar refractivity (Wildman–Crippen MR) is 112 cm³/mol. The highest BCUT2D eigenvalue weighted by Gasteiger charge is 2.28. The number of hydrogen-bond donors (Lipinski definition) is 1. The number of aryl methyl sites for hydroxylation is 1. The van der Waals surface area contributed by atoms with Gasteiger partial charge < -0.3 is 5.32 Å². The molecule has 1 aromatic heterocycles. The number of carbonyl (C=O) groups is 1. The van der Waals surface area contributed by atoms with E-state index < -0.39 is 10.0 Å². The molecule has 1 amide bonds. The topological polar surface area (TPSA) is 79.4 Å². The van der Waals surface area contributed by atoms with Gasteiger partial charge in [0.05, 0.1) is 22.1 Å². The van der Waals surface area contributed by atoms with Gasteiger partial charge in [0.1, 0.15) is 4.88 Å². The van der Waals surface area contributed by atoms with Crippen molar-refractivity contribution >= 4 is 38.6 Å². The van der Waals surface area contributed by atoms with Crippen molar-refractivity contribution in [3.63, 3.8) is 0 Å². The highest BCUT2D eigenvalue weighted by molar-refractivity contribution is 7.93. The first-order chi connectivity index (χ1) is 13.4. The average molecular weight is 414 g/mol. The number of amides is 1. The van der Waals surface area contributed by atoms with Crippen molar-refractivity contribution in [1.29, 1.82) is 0 Å². The highest BCUT2D eigenvalue weighted by atomic mass is 32.2. The summed E-state index contributed by atoms with van der Waals surface area (Å²) in [6.45, 7) is 2.33. The Morgan fingerprint density at radius 3 is 2.64 bits per heavy atom. The predicted octanol–water partition coefficient (Wildman–Crippen LogP) is 3.91. The van der Waals surface area contributed by atoms with Crippen LogP contribution in [0.3, 0.4) is 0 Å². The van der Waals surface area contributed by atoms with E-state index in [1.807, 2.05) is 37.3 Å². The summed E-state index contributed by atoms with van der Waals surface area (Å²) in [7, 11) is -3.26. The average Bonchev–Trinajstić information content (AvgIpc) is 3.24. The van der Waals surface area contributed by atoms with Gasteiger partial charge in [-0.15, -0.1) is 11.3 Å². The number of carbonyl (C=O) groups excluding carboxylic acids is 1. The number of aromatic nitrogens is 1. The van der Waals surface area contributed by atoms with E-state index in [0.717, 1.165) is 10.6 Å². The van der Waals surface area contributed by atoms with Crippen molar-refractivity contribution in [1.82, 2.24) is 4.98 Å². The maximum absolute atomic E-state index is 12.9. The minimum absolute atomic E-state index is 0.157. The highest BCUT2D eigenvalue weighted by Crippen LogP contribution is 2.30. The Morgan fingerprint density at radius 1 is 1.14 bits per heavy atom. The van der Waals surface area contributed by atoms with Gasteiger partial charge in [0, 0.05) is 17.8 Å². The molecule has 1 N–H and O–H groups in total. The molecule has 1 saturated heterocycles. The number of anilines is 2. The van der Waals surface area contributed by atoms with Crippen LogP contribution in [-0.2, 0) is 10.0 Å². The van der Waals surface area contributed by atoms with E-state index in [1.165, 1.54) is 15.6 Å². The summed E-state index contributed by atoms with van der Waals surface area (Å²) in [6.07, 6.45) is 0.611. The molecule has 4 rings (SSSR count). The lowest BCUT2D eigenvalue weighted by atomic mass is 10.1. The zero-order chi connectivity index (χ0) is 19.7. The zero-order valence-electron chi connectivity index (χ0n) is 15.3. The van der Waals surface area contributed by atoms with Crippen LogP contribution in [-0.4, -0.2) is 31.6 Å². The smallest absolute Gasteiger partial charge is 0.268 e. The zero-order valence-corrected chi connectivity index (χ0v) is 16.9. The molecule has 144 valence electrons. The van der Waals surface area contributed by atoms with Crippen LogP contribution in [0.1, 0.15) is 21.1 Å². The number of benzene rings is 2. The summed E-state index contributed by atoms with van der Waals surface area (Å²) in [5.74, 6) is -0.102. The molecule has 0 atom stereocenters.